The number of benzene rings is 1. The predicted octanol–water partition coefficient (Wildman–Crippen LogP) is 0.745. The van der Waals surface area contributed by atoms with Crippen LogP contribution in [-0.4, -0.2) is 36.0 Å². The number of aromatic nitrogens is 1. The number of aromatic amines is 1. The van der Waals surface area contributed by atoms with Crippen molar-refractivity contribution in [3.63, 3.8) is 0 Å². The standard InChI is InChI=1S/C19H21N3O2/c1-22-9-7-13-11-21-18-17(13)16(22)10-15(19(18)24)20-8-6-12-2-4-14(23)5-3-12/h2-5,10-11,16,20-21,23H,6-9H2,1H3/p+1. The van der Waals surface area contributed by atoms with Gasteiger partial charge in [-0.15, -0.1) is 0 Å². The molecule has 124 valence electrons. The Labute approximate surface area is 141 Å². The highest BCUT2D eigenvalue weighted by Crippen LogP contribution is 2.30. The van der Waals surface area contributed by atoms with E-state index in [1.165, 1.54) is 16.0 Å². The smallest absolute Gasteiger partial charge is 0.225 e. The second-order valence-corrected chi connectivity index (χ2v) is 6.68. The molecular formula is C19H22N3O2+. The molecule has 5 nitrogen and oxygen atoms in total. The summed E-state index contributed by atoms with van der Waals surface area (Å²) < 4.78 is 0. The first-order valence-corrected chi connectivity index (χ1v) is 8.44. The molecule has 0 saturated heterocycles. The zero-order valence-electron chi connectivity index (χ0n) is 13.7. The van der Waals surface area contributed by atoms with Gasteiger partial charge in [-0.3, -0.25) is 4.79 Å². The van der Waals surface area contributed by atoms with Gasteiger partial charge < -0.3 is 20.3 Å². The second kappa shape index (κ2) is 5.83. The molecule has 0 bridgehead atoms. The molecule has 2 aliphatic rings. The summed E-state index contributed by atoms with van der Waals surface area (Å²) in [7, 11) is 2.19. The Kier molecular flexibility index (Phi) is 3.65. The highest BCUT2D eigenvalue weighted by atomic mass is 16.3. The van der Waals surface area contributed by atoms with Crippen LogP contribution in [0, 0.1) is 0 Å². The van der Waals surface area contributed by atoms with Crippen molar-refractivity contribution in [1.29, 1.82) is 0 Å². The van der Waals surface area contributed by atoms with Crippen molar-refractivity contribution < 1.29 is 14.8 Å². The van der Waals surface area contributed by atoms with E-state index in [1.54, 1.807) is 12.1 Å². The number of Topliss-reactive ketones (excluding diaryl/α,β-unsaturated/α-hetero) is 1. The van der Waals surface area contributed by atoms with Gasteiger partial charge in [0.25, 0.3) is 0 Å². The van der Waals surface area contributed by atoms with Crippen LogP contribution in [0.3, 0.4) is 0 Å². The number of rotatable bonds is 4. The molecule has 0 radical (unpaired) electrons. The molecule has 4 N–H and O–H groups in total. The summed E-state index contributed by atoms with van der Waals surface area (Å²) >= 11 is 0. The van der Waals surface area contributed by atoms with Crippen molar-refractivity contribution in [2.45, 2.75) is 18.9 Å². The van der Waals surface area contributed by atoms with Gasteiger partial charge in [0.05, 0.1) is 25.0 Å². The summed E-state index contributed by atoms with van der Waals surface area (Å²) in [6, 6.07) is 7.44. The Hall–Kier alpha value is -2.53. The second-order valence-electron chi connectivity index (χ2n) is 6.68. The summed E-state index contributed by atoms with van der Waals surface area (Å²) in [5.41, 5.74) is 5.05. The molecule has 2 aromatic rings. The Bertz CT molecular complexity index is 805. The molecule has 0 saturated carbocycles. The van der Waals surface area contributed by atoms with E-state index in [-0.39, 0.29) is 17.6 Å². The molecule has 2 atom stereocenters. The van der Waals surface area contributed by atoms with Crippen LogP contribution in [0.5, 0.6) is 5.75 Å². The van der Waals surface area contributed by atoms with Gasteiger partial charge in [0.15, 0.2) is 0 Å². The van der Waals surface area contributed by atoms with Gasteiger partial charge in [-0.25, -0.2) is 0 Å². The maximum absolute atomic E-state index is 12.7. The molecule has 1 aliphatic heterocycles. The molecule has 24 heavy (non-hydrogen) atoms. The minimum absolute atomic E-state index is 0.0629. The number of phenols is 1. The van der Waals surface area contributed by atoms with E-state index in [9.17, 15) is 9.90 Å². The SMILES string of the molecule is C[NH+]1CCc2c[nH]c3c2C1C=C(NCCc1ccc(O)cc1)C3=O. The van der Waals surface area contributed by atoms with Gasteiger partial charge in [0.2, 0.25) is 5.78 Å². The minimum atomic E-state index is 0.0629. The number of ketones is 1. The van der Waals surface area contributed by atoms with Crippen LogP contribution in [0.4, 0.5) is 0 Å². The number of allylic oxidation sites excluding steroid dienone is 1. The lowest BCUT2D eigenvalue weighted by Gasteiger charge is -2.31. The minimum Gasteiger partial charge on any atom is -0.508 e. The van der Waals surface area contributed by atoms with Gasteiger partial charge in [0.1, 0.15) is 11.8 Å². The van der Waals surface area contributed by atoms with Crippen LogP contribution in [0.2, 0.25) is 0 Å². The lowest BCUT2D eigenvalue weighted by atomic mass is 9.88. The van der Waals surface area contributed by atoms with E-state index in [0.717, 1.165) is 30.6 Å². The number of quaternary nitrogens is 1. The number of nitrogens with one attached hydrogen (secondary N) is 3. The summed E-state index contributed by atoms with van der Waals surface area (Å²) in [5, 5.41) is 12.6. The summed E-state index contributed by atoms with van der Waals surface area (Å²) in [6.45, 7) is 1.78. The zero-order valence-corrected chi connectivity index (χ0v) is 13.7. The highest BCUT2D eigenvalue weighted by molar-refractivity contribution is 6.09. The largest absolute Gasteiger partial charge is 0.508 e. The molecule has 1 aliphatic carbocycles. The monoisotopic (exact) mass is 324 g/mol. The average molecular weight is 324 g/mol. The van der Waals surface area contributed by atoms with Gasteiger partial charge in [-0.2, -0.15) is 0 Å². The Morgan fingerprint density at radius 3 is 2.92 bits per heavy atom. The van der Waals surface area contributed by atoms with Crippen molar-refractivity contribution in [2.24, 2.45) is 0 Å². The summed E-state index contributed by atoms with van der Waals surface area (Å²) in [6.07, 6.45) is 5.92. The van der Waals surface area contributed by atoms with E-state index in [2.05, 4.69) is 23.4 Å². The number of hydrogen-bond donors (Lipinski definition) is 4. The number of aromatic hydroxyl groups is 1. The van der Waals surface area contributed by atoms with Gasteiger partial charge >= 0.3 is 0 Å². The van der Waals surface area contributed by atoms with Crippen molar-refractivity contribution >= 4 is 5.78 Å². The summed E-state index contributed by atoms with van der Waals surface area (Å²) in [5.74, 6) is 0.336. The predicted molar refractivity (Wildman–Crippen MR) is 91.2 cm³/mol. The van der Waals surface area contributed by atoms with Crippen LogP contribution in [-0.2, 0) is 12.8 Å². The summed E-state index contributed by atoms with van der Waals surface area (Å²) in [4.78, 5) is 17.3. The molecule has 2 unspecified atom stereocenters. The number of carbonyl (C=O) groups excluding carboxylic acids is 1. The third kappa shape index (κ3) is 2.51. The zero-order chi connectivity index (χ0) is 16.7. The molecule has 5 heteroatoms. The molecule has 2 heterocycles. The molecule has 0 amide bonds. The molecule has 0 spiro atoms. The molecule has 1 aromatic heterocycles. The lowest BCUT2D eigenvalue weighted by molar-refractivity contribution is -0.907. The van der Waals surface area contributed by atoms with Crippen LogP contribution in [0.25, 0.3) is 0 Å². The topological polar surface area (TPSA) is 69.6 Å². The fourth-order valence-corrected chi connectivity index (χ4v) is 3.70. The van der Waals surface area contributed by atoms with Gasteiger partial charge in [0, 0.05) is 30.8 Å². The Morgan fingerprint density at radius 2 is 2.12 bits per heavy atom. The van der Waals surface area contributed by atoms with Crippen molar-refractivity contribution in [1.82, 2.24) is 10.3 Å². The Balaban J connectivity index is 1.49. The fourth-order valence-electron chi connectivity index (χ4n) is 3.70. The normalized spacial score (nSPS) is 22.0. The van der Waals surface area contributed by atoms with Gasteiger partial charge in [-0.05, 0) is 29.7 Å². The van der Waals surface area contributed by atoms with Crippen molar-refractivity contribution in [3.05, 3.63) is 64.6 Å². The third-order valence-corrected chi connectivity index (χ3v) is 5.11. The molecular weight excluding hydrogens is 302 g/mol. The van der Waals surface area contributed by atoms with E-state index in [1.807, 2.05) is 18.3 Å². The fraction of sp³-hybridized carbons (Fsp3) is 0.316. The Morgan fingerprint density at radius 1 is 1.33 bits per heavy atom. The van der Waals surface area contributed by atoms with E-state index >= 15 is 0 Å². The van der Waals surface area contributed by atoms with Gasteiger partial charge in [-0.1, -0.05) is 12.1 Å². The number of likely N-dealkylation sites (N-methyl/N-ethyl adjacent to an activating group) is 1. The van der Waals surface area contributed by atoms with Crippen molar-refractivity contribution in [2.75, 3.05) is 20.1 Å². The van der Waals surface area contributed by atoms with Crippen LogP contribution in [0.1, 0.15) is 33.2 Å². The maximum Gasteiger partial charge on any atom is 0.225 e. The van der Waals surface area contributed by atoms with E-state index in [4.69, 9.17) is 0 Å². The van der Waals surface area contributed by atoms with Crippen LogP contribution < -0.4 is 10.2 Å². The van der Waals surface area contributed by atoms with E-state index in [0.29, 0.717) is 12.2 Å². The van der Waals surface area contributed by atoms with Crippen LogP contribution in [0.15, 0.2) is 42.2 Å². The molecule has 1 aromatic carbocycles. The molecule has 0 fully saturated rings. The first-order valence-electron chi connectivity index (χ1n) is 8.44. The first-order chi connectivity index (χ1) is 11.6. The van der Waals surface area contributed by atoms with Crippen LogP contribution >= 0.6 is 0 Å². The average Bonchev–Trinajstić information content (AvgIpc) is 3.01. The third-order valence-electron chi connectivity index (χ3n) is 5.11. The quantitative estimate of drug-likeness (QED) is 0.671. The lowest BCUT2D eigenvalue weighted by Crippen LogP contribution is -3.10. The molecule has 4 rings (SSSR count). The van der Waals surface area contributed by atoms with Crippen molar-refractivity contribution in [3.8, 4) is 5.75 Å². The number of phenolic OH excluding ortho intramolecular Hbond substituents is 1. The number of H-pyrrole nitrogens is 1. The number of hydrogen-bond acceptors (Lipinski definition) is 3. The highest BCUT2D eigenvalue weighted by Gasteiger charge is 2.37. The maximum atomic E-state index is 12.7. The first kappa shape index (κ1) is 15.0. The number of carbonyl (C=O) groups is 1. The van der Waals surface area contributed by atoms with E-state index < -0.39 is 0 Å².